The Balaban J connectivity index is 3.11. The van der Waals surface area contributed by atoms with Crippen molar-refractivity contribution in [2.24, 2.45) is 4.99 Å². The second kappa shape index (κ2) is 4.08. The van der Waals surface area contributed by atoms with Crippen LogP contribution >= 0.6 is 11.3 Å². The van der Waals surface area contributed by atoms with E-state index in [1.54, 1.807) is 11.3 Å². The fourth-order valence-corrected chi connectivity index (χ4v) is 2.65. The van der Waals surface area contributed by atoms with Gasteiger partial charge in [0, 0.05) is 0 Å². The van der Waals surface area contributed by atoms with Crippen molar-refractivity contribution in [3.05, 3.63) is 16.5 Å². The Morgan fingerprint density at radius 1 is 1.64 bits per heavy atom. The summed E-state index contributed by atoms with van der Waals surface area (Å²) < 4.78 is 2.17. The van der Waals surface area contributed by atoms with Gasteiger partial charge in [0.15, 0.2) is 0 Å². The first-order chi connectivity index (χ1) is 5.27. The fraction of sp³-hybridized carbons (Fsp3) is 0.250. The van der Waals surface area contributed by atoms with Gasteiger partial charge in [-0.05, 0) is 0 Å². The molecule has 0 aliphatic heterocycles. The normalized spacial score (nSPS) is 10.7. The Kier molecular flexibility index (Phi) is 3.35. The summed E-state index contributed by atoms with van der Waals surface area (Å²) in [7, 11) is 0. The number of aliphatic imine (C=N–C) groups is 1. The van der Waals surface area contributed by atoms with Gasteiger partial charge >= 0.3 is 81.7 Å². The molecule has 11 heavy (non-hydrogen) atoms. The summed E-state index contributed by atoms with van der Waals surface area (Å²) in [6, 6.07) is 2.18. The molecule has 0 unspecified atom stereocenters. The molecule has 0 saturated carbocycles. The van der Waals surface area contributed by atoms with Crippen LogP contribution in [0.1, 0.15) is 17.4 Å². The third-order valence-electron chi connectivity index (χ3n) is 1.24. The van der Waals surface area contributed by atoms with Crippen LogP contribution in [0.15, 0.2) is 11.1 Å². The van der Waals surface area contributed by atoms with Crippen LogP contribution in [-0.4, -0.2) is 10.6 Å². The molecule has 0 N–H and O–H groups in total. The van der Waals surface area contributed by atoms with Crippen LogP contribution < -0.4 is 0 Å². The fourth-order valence-electron chi connectivity index (χ4n) is 0.824. The summed E-state index contributed by atoms with van der Waals surface area (Å²) in [6.07, 6.45) is 1.84. The van der Waals surface area contributed by atoms with E-state index >= 15 is 0 Å². The molecule has 3 heteroatoms. The first-order valence-electron chi connectivity index (χ1n) is 3.32. The van der Waals surface area contributed by atoms with Crippen LogP contribution in [0, 0.1) is 6.92 Å². The molecule has 0 radical (unpaired) electrons. The van der Waals surface area contributed by atoms with Gasteiger partial charge in [0.2, 0.25) is 0 Å². The molecule has 58 valence electrons. The first kappa shape index (κ1) is 9.02. The summed E-state index contributed by atoms with van der Waals surface area (Å²) in [6.45, 7) is 4.06. The average Bonchev–Trinajstić information content (AvgIpc) is 2.32. The van der Waals surface area contributed by atoms with Crippen LogP contribution in [-0.2, 0) is 19.4 Å². The number of hydrogen-bond donors (Lipinski definition) is 0. The molecule has 0 bridgehead atoms. The molecule has 1 aromatic heterocycles. The number of rotatable bonds is 2. The molecule has 0 fully saturated rings. The van der Waals surface area contributed by atoms with Crippen LogP contribution in [0.3, 0.4) is 0 Å². The van der Waals surface area contributed by atoms with Gasteiger partial charge in [-0.2, -0.15) is 0 Å². The minimum absolute atomic E-state index is 1.14. The molecule has 1 nitrogen and oxygen atoms in total. The second-order valence-corrected chi connectivity index (χ2v) is 4.20. The summed E-state index contributed by atoms with van der Waals surface area (Å²) in [5.41, 5.74) is 1.28. The van der Waals surface area contributed by atoms with Crippen molar-refractivity contribution in [3.8, 4) is 0 Å². The van der Waals surface area contributed by atoms with E-state index in [2.05, 4.69) is 22.4 Å². The van der Waals surface area contributed by atoms with Gasteiger partial charge in [-0.25, -0.2) is 0 Å². The molecule has 0 aromatic carbocycles. The molecule has 1 heterocycles. The van der Waals surface area contributed by atoms with Crippen LogP contribution in [0.5, 0.6) is 0 Å². The zero-order valence-corrected chi connectivity index (χ0v) is 10.2. The quantitative estimate of drug-likeness (QED) is 0.737. The third kappa shape index (κ3) is 2.18. The van der Waals surface area contributed by atoms with E-state index in [4.69, 9.17) is 0 Å². The minimum atomic E-state index is 1.14. The van der Waals surface area contributed by atoms with E-state index in [-0.39, 0.29) is 0 Å². The van der Waals surface area contributed by atoms with Crippen molar-refractivity contribution < 1.29 is 19.4 Å². The SMILES string of the molecule is CC=Nc1sc(C)cc1[CH]=[W]. The molecule has 1 rings (SSSR count). The zero-order chi connectivity index (χ0) is 8.27. The number of thiophene rings is 1. The summed E-state index contributed by atoms with van der Waals surface area (Å²) >= 11 is 3.22. The second-order valence-electron chi connectivity index (χ2n) is 2.12. The van der Waals surface area contributed by atoms with Gasteiger partial charge in [-0.15, -0.1) is 0 Å². The van der Waals surface area contributed by atoms with Gasteiger partial charge < -0.3 is 0 Å². The molecule has 0 aliphatic carbocycles. The number of nitrogens with zero attached hydrogens (tertiary/aromatic N) is 1. The molecule has 0 aliphatic rings. The summed E-state index contributed by atoms with van der Waals surface area (Å²) in [4.78, 5) is 5.61. The zero-order valence-electron chi connectivity index (χ0n) is 6.50. The maximum atomic E-state index is 4.27. The van der Waals surface area contributed by atoms with Crippen molar-refractivity contribution in [2.45, 2.75) is 13.8 Å². The Morgan fingerprint density at radius 3 is 2.91 bits per heavy atom. The molecule has 0 saturated heterocycles. The van der Waals surface area contributed by atoms with Crippen molar-refractivity contribution in [2.75, 3.05) is 0 Å². The van der Waals surface area contributed by atoms with E-state index < -0.39 is 0 Å². The van der Waals surface area contributed by atoms with E-state index in [0.717, 1.165) is 5.00 Å². The van der Waals surface area contributed by atoms with Crippen molar-refractivity contribution >= 4 is 27.0 Å². The third-order valence-corrected chi connectivity index (χ3v) is 3.12. The predicted molar refractivity (Wildman–Crippen MR) is 48.0 cm³/mol. The van der Waals surface area contributed by atoms with Crippen LogP contribution in [0.2, 0.25) is 0 Å². The Bertz CT molecular complexity index is 288. The molecule has 1 aromatic rings. The first-order valence-corrected chi connectivity index (χ1v) is 5.83. The van der Waals surface area contributed by atoms with Gasteiger partial charge in [0.25, 0.3) is 0 Å². The van der Waals surface area contributed by atoms with E-state index in [1.807, 2.05) is 13.1 Å². The Hall–Kier alpha value is -0.0717. The predicted octanol–water partition coefficient (Wildman–Crippen LogP) is 2.48. The van der Waals surface area contributed by atoms with E-state index in [1.165, 1.54) is 29.8 Å². The molecule has 0 atom stereocenters. The Labute approximate surface area is 81.6 Å². The van der Waals surface area contributed by atoms with Crippen LogP contribution in [0.25, 0.3) is 0 Å². The van der Waals surface area contributed by atoms with Gasteiger partial charge in [-0.1, -0.05) is 0 Å². The van der Waals surface area contributed by atoms with Crippen molar-refractivity contribution in [1.82, 2.24) is 0 Å². The molecule has 0 spiro atoms. The Morgan fingerprint density at radius 2 is 2.36 bits per heavy atom. The number of hydrogen-bond acceptors (Lipinski definition) is 2. The van der Waals surface area contributed by atoms with Gasteiger partial charge in [0.05, 0.1) is 0 Å². The number of aryl methyl sites for hydroxylation is 1. The van der Waals surface area contributed by atoms with E-state index in [0.29, 0.717) is 0 Å². The van der Waals surface area contributed by atoms with Crippen molar-refractivity contribution in [1.29, 1.82) is 0 Å². The van der Waals surface area contributed by atoms with Crippen molar-refractivity contribution in [3.63, 3.8) is 0 Å². The topological polar surface area (TPSA) is 12.4 Å². The van der Waals surface area contributed by atoms with Crippen LogP contribution in [0.4, 0.5) is 5.00 Å². The average molecular weight is 335 g/mol. The van der Waals surface area contributed by atoms with Gasteiger partial charge in [0.1, 0.15) is 0 Å². The molecule has 0 amide bonds. The van der Waals surface area contributed by atoms with Gasteiger partial charge in [-0.3, -0.25) is 0 Å². The molecular formula is C8H9NSW. The monoisotopic (exact) mass is 335 g/mol. The summed E-state index contributed by atoms with van der Waals surface area (Å²) in [5.74, 6) is 0. The maximum absolute atomic E-state index is 4.27. The summed E-state index contributed by atoms with van der Waals surface area (Å²) in [5, 5.41) is 1.14. The van der Waals surface area contributed by atoms with E-state index in [9.17, 15) is 0 Å². The molecular weight excluding hydrogens is 326 g/mol. The standard InChI is InChI=1S/C8H9NS.W/c1-4-9-8-6(2)5-7(3)10-8;/h2,4-5H,1,3H3;.